The molecule has 0 aliphatic carbocycles. The minimum absolute atomic E-state index is 0.0471. The van der Waals surface area contributed by atoms with Crippen LogP contribution in [0.2, 0.25) is 0 Å². The van der Waals surface area contributed by atoms with Crippen LogP contribution >= 0.6 is 11.3 Å². The molecule has 1 unspecified atom stereocenters. The van der Waals surface area contributed by atoms with E-state index in [-0.39, 0.29) is 29.7 Å². The van der Waals surface area contributed by atoms with Gasteiger partial charge in [0.25, 0.3) is 5.56 Å². The molecule has 0 radical (unpaired) electrons. The normalized spacial score (nSPS) is 12.6. The van der Waals surface area contributed by atoms with E-state index in [0.29, 0.717) is 6.54 Å². The standard InChI is InChI=1S/C17H22N6O3S/c1-20(2)11(12-6-5-7-27-12)8-18-13(24)9-23-10-19-15-14(23)16(25)22(4)17(26)21(15)3/h5-7,10-11H,8-9H2,1-4H3,(H,18,24). The molecule has 0 saturated heterocycles. The molecule has 10 heteroatoms. The van der Waals surface area contributed by atoms with Crippen LogP contribution in [0.15, 0.2) is 33.4 Å². The zero-order valence-corrected chi connectivity index (χ0v) is 16.5. The molecule has 3 aromatic rings. The molecule has 0 spiro atoms. The summed E-state index contributed by atoms with van der Waals surface area (Å²) < 4.78 is 3.78. The molecule has 1 N–H and O–H groups in total. The lowest BCUT2D eigenvalue weighted by Gasteiger charge is -2.23. The lowest BCUT2D eigenvalue weighted by Crippen LogP contribution is -2.38. The summed E-state index contributed by atoms with van der Waals surface area (Å²) in [5.41, 5.74) is -0.423. The molecule has 1 amide bonds. The molecular weight excluding hydrogens is 368 g/mol. The maximum Gasteiger partial charge on any atom is 0.332 e. The first kappa shape index (κ1) is 19.1. The van der Waals surface area contributed by atoms with Crippen molar-refractivity contribution in [1.82, 2.24) is 28.9 Å². The Morgan fingerprint density at radius 2 is 2.04 bits per heavy atom. The van der Waals surface area contributed by atoms with Gasteiger partial charge in [-0.15, -0.1) is 11.3 Å². The molecule has 3 rings (SSSR count). The summed E-state index contributed by atoms with van der Waals surface area (Å²) in [5, 5.41) is 4.92. The van der Waals surface area contributed by atoms with Crippen molar-refractivity contribution in [2.75, 3.05) is 20.6 Å². The fourth-order valence-corrected chi connectivity index (χ4v) is 3.88. The Labute approximate surface area is 159 Å². The van der Waals surface area contributed by atoms with Gasteiger partial charge < -0.3 is 14.8 Å². The average molecular weight is 390 g/mol. The van der Waals surface area contributed by atoms with Gasteiger partial charge >= 0.3 is 5.69 Å². The Bertz CT molecular complexity index is 1080. The van der Waals surface area contributed by atoms with E-state index in [4.69, 9.17) is 0 Å². The number of nitrogens with zero attached hydrogens (tertiary/aromatic N) is 5. The predicted octanol–water partition coefficient (Wildman–Crippen LogP) is -0.0857. The van der Waals surface area contributed by atoms with Crippen molar-refractivity contribution in [3.05, 3.63) is 49.6 Å². The number of fused-ring (bicyclic) bond motifs is 1. The predicted molar refractivity (Wildman–Crippen MR) is 104 cm³/mol. The Hall–Kier alpha value is -2.72. The van der Waals surface area contributed by atoms with Crippen LogP contribution < -0.4 is 16.6 Å². The lowest BCUT2D eigenvalue weighted by molar-refractivity contribution is -0.121. The van der Waals surface area contributed by atoms with E-state index in [1.165, 1.54) is 22.5 Å². The second kappa shape index (κ2) is 7.49. The smallest absolute Gasteiger partial charge is 0.332 e. The third-order valence-corrected chi connectivity index (χ3v) is 5.49. The summed E-state index contributed by atoms with van der Waals surface area (Å²) in [5.74, 6) is -0.228. The molecule has 0 aliphatic heterocycles. The van der Waals surface area contributed by atoms with Crippen LogP contribution in [-0.2, 0) is 25.4 Å². The number of rotatable bonds is 6. The molecule has 1 atom stereocenters. The van der Waals surface area contributed by atoms with E-state index < -0.39 is 11.2 Å². The second-order valence-electron chi connectivity index (χ2n) is 6.55. The van der Waals surface area contributed by atoms with Gasteiger partial charge in [0.2, 0.25) is 5.91 Å². The van der Waals surface area contributed by atoms with Crippen molar-refractivity contribution < 1.29 is 4.79 Å². The fraction of sp³-hybridized carbons (Fsp3) is 0.412. The first-order valence-corrected chi connectivity index (χ1v) is 9.26. The molecule has 0 bridgehead atoms. The molecule has 0 fully saturated rings. The molecular formula is C17H22N6O3S. The molecule has 0 aliphatic rings. The van der Waals surface area contributed by atoms with Crippen LogP contribution in [0.4, 0.5) is 0 Å². The van der Waals surface area contributed by atoms with Crippen LogP contribution in [0, 0.1) is 0 Å². The minimum atomic E-state index is -0.469. The number of amides is 1. The molecule has 27 heavy (non-hydrogen) atoms. The number of carbonyl (C=O) groups is 1. The molecule has 0 saturated carbocycles. The monoisotopic (exact) mass is 390 g/mol. The van der Waals surface area contributed by atoms with E-state index >= 15 is 0 Å². The van der Waals surface area contributed by atoms with Crippen molar-refractivity contribution in [2.24, 2.45) is 14.1 Å². The number of nitrogens with one attached hydrogen (secondary N) is 1. The number of hydrogen-bond donors (Lipinski definition) is 1. The second-order valence-corrected chi connectivity index (χ2v) is 7.53. The van der Waals surface area contributed by atoms with Gasteiger partial charge in [-0.2, -0.15) is 0 Å². The molecule has 3 aromatic heterocycles. The maximum atomic E-state index is 12.4. The van der Waals surface area contributed by atoms with Gasteiger partial charge in [-0.25, -0.2) is 9.78 Å². The van der Waals surface area contributed by atoms with Crippen LogP contribution in [0.25, 0.3) is 11.2 Å². The quantitative estimate of drug-likeness (QED) is 0.635. The summed E-state index contributed by atoms with van der Waals surface area (Å²) in [6.07, 6.45) is 1.41. The van der Waals surface area contributed by atoms with Crippen LogP contribution in [0.3, 0.4) is 0 Å². The van der Waals surface area contributed by atoms with E-state index in [1.807, 2.05) is 36.5 Å². The highest BCUT2D eigenvalue weighted by molar-refractivity contribution is 7.10. The first-order valence-electron chi connectivity index (χ1n) is 8.38. The van der Waals surface area contributed by atoms with Gasteiger partial charge in [-0.1, -0.05) is 6.07 Å². The van der Waals surface area contributed by atoms with Gasteiger partial charge in [0.1, 0.15) is 6.54 Å². The van der Waals surface area contributed by atoms with Crippen LogP contribution in [-0.4, -0.2) is 50.1 Å². The van der Waals surface area contributed by atoms with E-state index in [2.05, 4.69) is 10.3 Å². The topological polar surface area (TPSA) is 94.2 Å². The largest absolute Gasteiger partial charge is 0.353 e. The molecule has 9 nitrogen and oxygen atoms in total. The number of hydrogen-bond acceptors (Lipinski definition) is 6. The molecule has 144 valence electrons. The number of thiophene rings is 1. The maximum absolute atomic E-state index is 12.4. The van der Waals surface area contributed by atoms with Crippen molar-refractivity contribution in [3.8, 4) is 0 Å². The van der Waals surface area contributed by atoms with Crippen LogP contribution in [0.5, 0.6) is 0 Å². The third kappa shape index (κ3) is 3.58. The van der Waals surface area contributed by atoms with E-state index in [9.17, 15) is 14.4 Å². The number of aromatic nitrogens is 4. The van der Waals surface area contributed by atoms with Crippen molar-refractivity contribution >= 4 is 28.4 Å². The molecule has 3 heterocycles. The lowest BCUT2D eigenvalue weighted by atomic mass is 10.2. The zero-order chi connectivity index (χ0) is 19.7. The number of carbonyl (C=O) groups excluding carboxylic acids is 1. The van der Waals surface area contributed by atoms with Crippen molar-refractivity contribution in [2.45, 2.75) is 12.6 Å². The fourth-order valence-electron chi connectivity index (χ4n) is 2.96. The molecule has 0 aromatic carbocycles. The summed E-state index contributed by atoms with van der Waals surface area (Å²) in [7, 11) is 6.88. The van der Waals surface area contributed by atoms with E-state index in [1.54, 1.807) is 18.4 Å². The zero-order valence-electron chi connectivity index (χ0n) is 15.7. The summed E-state index contributed by atoms with van der Waals surface area (Å²) in [6, 6.07) is 4.09. The van der Waals surface area contributed by atoms with Gasteiger partial charge in [0.05, 0.1) is 12.4 Å². The van der Waals surface area contributed by atoms with E-state index in [0.717, 1.165) is 9.44 Å². The van der Waals surface area contributed by atoms with Gasteiger partial charge in [-0.05, 0) is 25.5 Å². The van der Waals surface area contributed by atoms with Crippen LogP contribution in [0.1, 0.15) is 10.9 Å². The number of likely N-dealkylation sites (N-methyl/N-ethyl adjacent to an activating group) is 1. The summed E-state index contributed by atoms with van der Waals surface area (Å²) >= 11 is 1.64. The summed E-state index contributed by atoms with van der Waals surface area (Å²) in [6.45, 7) is 0.407. The van der Waals surface area contributed by atoms with Gasteiger partial charge in [-0.3, -0.25) is 18.7 Å². The highest BCUT2D eigenvalue weighted by atomic mass is 32.1. The van der Waals surface area contributed by atoms with Gasteiger partial charge in [0, 0.05) is 25.5 Å². The number of aryl methyl sites for hydroxylation is 1. The highest BCUT2D eigenvalue weighted by Gasteiger charge is 2.18. The first-order chi connectivity index (χ1) is 12.8. The SMILES string of the molecule is CN(C)C(CNC(=O)Cn1cnc2c1c(=O)n(C)c(=O)n2C)c1cccs1. The highest BCUT2D eigenvalue weighted by Crippen LogP contribution is 2.22. The minimum Gasteiger partial charge on any atom is -0.353 e. The average Bonchev–Trinajstić information content (AvgIpc) is 3.28. The summed E-state index contributed by atoms with van der Waals surface area (Å²) in [4.78, 5) is 44.2. The Morgan fingerprint density at radius 3 is 2.67 bits per heavy atom. The Kier molecular flexibility index (Phi) is 5.29. The Morgan fingerprint density at radius 1 is 1.30 bits per heavy atom. The van der Waals surface area contributed by atoms with Crippen molar-refractivity contribution in [3.63, 3.8) is 0 Å². The Balaban J connectivity index is 1.79. The van der Waals surface area contributed by atoms with Crippen molar-refractivity contribution in [1.29, 1.82) is 0 Å². The third-order valence-electron chi connectivity index (χ3n) is 4.52. The van der Waals surface area contributed by atoms with Gasteiger partial charge in [0.15, 0.2) is 11.2 Å². The number of imidazole rings is 1.